The molecule has 0 spiro atoms. The highest BCUT2D eigenvalue weighted by Crippen LogP contribution is 2.30. The lowest BCUT2D eigenvalue weighted by Gasteiger charge is -2.16. The number of halogens is 1. The van der Waals surface area contributed by atoms with Crippen molar-refractivity contribution < 1.29 is 9.59 Å². The molecule has 2 aromatic carbocycles. The Bertz CT molecular complexity index is 955. The molecule has 2 amide bonds. The molecule has 0 aliphatic carbocycles. The van der Waals surface area contributed by atoms with Gasteiger partial charge in [-0.2, -0.15) is 0 Å². The van der Waals surface area contributed by atoms with Gasteiger partial charge in [-0.05, 0) is 30.7 Å². The Morgan fingerprint density at radius 3 is 2.54 bits per heavy atom. The summed E-state index contributed by atoms with van der Waals surface area (Å²) in [7, 11) is 1.82. The first kappa shape index (κ1) is 18.0. The summed E-state index contributed by atoms with van der Waals surface area (Å²) in [6, 6.07) is 14.8. The Morgan fingerprint density at radius 2 is 1.85 bits per heavy atom. The summed E-state index contributed by atoms with van der Waals surface area (Å²) >= 11 is 6.44. The number of aryl methyl sites for hydroxylation is 1. The predicted octanol–water partition coefficient (Wildman–Crippen LogP) is 4.28. The van der Waals surface area contributed by atoms with E-state index in [2.05, 4.69) is 10.6 Å². The van der Waals surface area contributed by atoms with Crippen molar-refractivity contribution in [2.45, 2.75) is 19.9 Å². The molecule has 0 radical (unpaired) electrons. The number of amides is 2. The molecular weight excluding hydrogens is 350 g/mol. The molecular formula is C20H20ClN3O2. The Kier molecular flexibility index (Phi) is 5.00. The largest absolute Gasteiger partial charge is 0.344 e. The zero-order chi connectivity index (χ0) is 18.8. The molecule has 2 N–H and O–H groups in total. The van der Waals surface area contributed by atoms with Crippen molar-refractivity contribution in [3.63, 3.8) is 0 Å². The summed E-state index contributed by atoms with van der Waals surface area (Å²) in [6.07, 6.45) is 0. The van der Waals surface area contributed by atoms with E-state index in [9.17, 15) is 9.59 Å². The zero-order valence-corrected chi connectivity index (χ0v) is 15.6. The summed E-state index contributed by atoms with van der Waals surface area (Å²) in [6.45, 7) is 3.35. The van der Waals surface area contributed by atoms with Gasteiger partial charge in [-0.15, -0.1) is 0 Å². The van der Waals surface area contributed by atoms with Crippen LogP contribution in [-0.2, 0) is 11.8 Å². The summed E-state index contributed by atoms with van der Waals surface area (Å²) in [4.78, 5) is 24.0. The van der Waals surface area contributed by atoms with Gasteiger partial charge in [0.25, 0.3) is 5.91 Å². The van der Waals surface area contributed by atoms with E-state index >= 15 is 0 Å². The molecule has 1 unspecified atom stereocenters. The van der Waals surface area contributed by atoms with E-state index in [0.29, 0.717) is 16.4 Å². The molecule has 26 heavy (non-hydrogen) atoms. The third-order valence-corrected chi connectivity index (χ3v) is 4.70. The second-order valence-corrected chi connectivity index (χ2v) is 6.62. The van der Waals surface area contributed by atoms with Crippen LogP contribution >= 0.6 is 11.6 Å². The van der Waals surface area contributed by atoms with Gasteiger partial charge in [0, 0.05) is 30.6 Å². The van der Waals surface area contributed by atoms with Gasteiger partial charge in [0.05, 0.1) is 11.1 Å². The number of para-hydroxylation sites is 1. The lowest BCUT2D eigenvalue weighted by Crippen LogP contribution is -2.28. The fourth-order valence-electron chi connectivity index (χ4n) is 3.04. The number of nitrogens with zero attached hydrogens (tertiary/aromatic N) is 1. The fourth-order valence-corrected chi connectivity index (χ4v) is 3.41. The molecule has 6 heteroatoms. The van der Waals surface area contributed by atoms with Gasteiger partial charge in [-0.3, -0.25) is 9.59 Å². The molecule has 0 fully saturated rings. The Morgan fingerprint density at radius 1 is 1.12 bits per heavy atom. The molecule has 3 rings (SSSR count). The quantitative estimate of drug-likeness (QED) is 0.720. The van der Waals surface area contributed by atoms with E-state index in [0.717, 1.165) is 16.5 Å². The van der Waals surface area contributed by atoms with E-state index in [1.54, 1.807) is 10.6 Å². The Labute approximate surface area is 157 Å². The molecule has 0 aliphatic heterocycles. The zero-order valence-electron chi connectivity index (χ0n) is 14.8. The second-order valence-electron chi connectivity index (χ2n) is 6.24. The van der Waals surface area contributed by atoms with Crippen LogP contribution < -0.4 is 10.6 Å². The molecule has 1 atom stereocenters. The lowest BCUT2D eigenvalue weighted by molar-refractivity contribution is -0.114. The second kappa shape index (κ2) is 7.22. The minimum absolute atomic E-state index is 0.138. The minimum atomic E-state index is -0.245. The first-order valence-corrected chi connectivity index (χ1v) is 8.67. The molecule has 3 aromatic rings. The van der Waals surface area contributed by atoms with Crippen molar-refractivity contribution in [2.24, 2.45) is 7.05 Å². The molecule has 1 aromatic heterocycles. The van der Waals surface area contributed by atoms with E-state index in [1.807, 2.05) is 56.4 Å². The van der Waals surface area contributed by atoms with Crippen molar-refractivity contribution in [3.05, 3.63) is 64.8 Å². The number of aromatic nitrogens is 1. The number of carbonyl (C=O) groups is 2. The number of rotatable bonds is 4. The van der Waals surface area contributed by atoms with Crippen LogP contribution in [0.5, 0.6) is 0 Å². The van der Waals surface area contributed by atoms with Gasteiger partial charge in [-0.1, -0.05) is 41.9 Å². The molecule has 134 valence electrons. The summed E-state index contributed by atoms with van der Waals surface area (Å²) in [5.74, 6) is -0.382. The van der Waals surface area contributed by atoms with E-state index in [4.69, 9.17) is 11.6 Å². The number of hydrogen-bond acceptors (Lipinski definition) is 2. The van der Waals surface area contributed by atoms with Gasteiger partial charge in [-0.25, -0.2) is 0 Å². The van der Waals surface area contributed by atoms with Crippen LogP contribution in [0.2, 0.25) is 5.02 Å². The average molecular weight is 370 g/mol. The van der Waals surface area contributed by atoms with Crippen molar-refractivity contribution in [1.29, 1.82) is 0 Å². The Hall–Kier alpha value is -2.79. The molecule has 0 saturated carbocycles. The highest BCUT2D eigenvalue weighted by molar-refractivity contribution is 6.38. The maximum atomic E-state index is 12.8. The smallest absolute Gasteiger partial charge is 0.269 e. The van der Waals surface area contributed by atoms with Crippen LogP contribution in [0.4, 0.5) is 5.69 Å². The third-order valence-electron chi connectivity index (χ3n) is 4.31. The number of benzene rings is 2. The SMILES string of the molecule is CC(=O)Nc1cccc(C(C)NC(=O)c2c(Cl)c3ccccc3n2C)c1. The minimum Gasteiger partial charge on any atom is -0.344 e. The van der Waals surface area contributed by atoms with Crippen molar-refractivity contribution in [3.8, 4) is 0 Å². The molecule has 0 bridgehead atoms. The number of nitrogens with one attached hydrogen (secondary N) is 2. The van der Waals surface area contributed by atoms with Crippen molar-refractivity contribution >= 4 is 40.0 Å². The van der Waals surface area contributed by atoms with Crippen molar-refractivity contribution in [1.82, 2.24) is 9.88 Å². The maximum absolute atomic E-state index is 12.8. The molecule has 1 heterocycles. The molecule has 0 saturated heterocycles. The normalized spacial score (nSPS) is 12.0. The van der Waals surface area contributed by atoms with E-state index in [-0.39, 0.29) is 17.9 Å². The monoisotopic (exact) mass is 369 g/mol. The van der Waals surface area contributed by atoms with Crippen molar-refractivity contribution in [2.75, 3.05) is 5.32 Å². The molecule has 5 nitrogen and oxygen atoms in total. The van der Waals surface area contributed by atoms with Gasteiger partial charge in [0.15, 0.2) is 0 Å². The Balaban J connectivity index is 1.85. The van der Waals surface area contributed by atoms with Crippen LogP contribution in [0.15, 0.2) is 48.5 Å². The predicted molar refractivity (Wildman–Crippen MR) is 105 cm³/mol. The van der Waals surface area contributed by atoms with E-state index < -0.39 is 0 Å². The number of carbonyl (C=O) groups excluding carboxylic acids is 2. The highest BCUT2D eigenvalue weighted by Gasteiger charge is 2.21. The molecule has 0 aliphatic rings. The number of hydrogen-bond donors (Lipinski definition) is 2. The van der Waals surface area contributed by atoms with Crippen LogP contribution in [0.1, 0.15) is 35.9 Å². The van der Waals surface area contributed by atoms with Gasteiger partial charge >= 0.3 is 0 Å². The van der Waals surface area contributed by atoms with E-state index in [1.165, 1.54) is 6.92 Å². The number of anilines is 1. The van der Waals surface area contributed by atoms with Crippen LogP contribution in [0.25, 0.3) is 10.9 Å². The summed E-state index contributed by atoms with van der Waals surface area (Å²) in [5, 5.41) is 7.02. The number of fused-ring (bicyclic) bond motifs is 1. The first-order chi connectivity index (χ1) is 12.4. The van der Waals surface area contributed by atoms with Crippen LogP contribution in [0, 0.1) is 0 Å². The third kappa shape index (κ3) is 3.44. The van der Waals surface area contributed by atoms with Crippen LogP contribution in [0.3, 0.4) is 0 Å². The lowest BCUT2D eigenvalue weighted by atomic mass is 10.1. The first-order valence-electron chi connectivity index (χ1n) is 8.30. The fraction of sp³-hybridized carbons (Fsp3) is 0.200. The summed E-state index contributed by atoms with van der Waals surface area (Å²) in [5.41, 5.74) is 2.92. The van der Waals surface area contributed by atoms with Gasteiger partial charge < -0.3 is 15.2 Å². The van der Waals surface area contributed by atoms with Gasteiger partial charge in [0.2, 0.25) is 5.91 Å². The summed E-state index contributed by atoms with van der Waals surface area (Å²) < 4.78 is 1.80. The topological polar surface area (TPSA) is 63.1 Å². The van der Waals surface area contributed by atoms with Crippen LogP contribution in [-0.4, -0.2) is 16.4 Å². The standard InChI is InChI=1S/C20H20ClN3O2/c1-12(14-7-6-8-15(11-14)23-13(2)25)22-20(26)19-18(21)16-9-4-5-10-17(16)24(19)3/h4-12H,1-3H3,(H,22,26)(H,23,25). The average Bonchev–Trinajstić information content (AvgIpc) is 2.86. The highest BCUT2D eigenvalue weighted by atomic mass is 35.5. The maximum Gasteiger partial charge on any atom is 0.269 e. The van der Waals surface area contributed by atoms with Gasteiger partial charge in [0.1, 0.15) is 5.69 Å².